The average Bonchev–Trinajstić information content (AvgIpc) is 3.26. The van der Waals surface area contributed by atoms with Crippen LogP contribution in [0.15, 0.2) is 103 Å². The maximum absolute atomic E-state index is 14.3. The van der Waals surface area contributed by atoms with Gasteiger partial charge in [-0.05, 0) is 33.9 Å². The number of nitro benzene ring substituents is 1. The number of nitro groups is 1. The van der Waals surface area contributed by atoms with Gasteiger partial charge in [-0.25, -0.2) is 5.01 Å². The average molecular weight is 530 g/mol. The Kier molecular flexibility index (Phi) is 5.38. The van der Waals surface area contributed by atoms with E-state index < -0.39 is 34.5 Å². The number of hydrogen-bond acceptors (Lipinski definition) is 5. The number of hydrogen-bond donors (Lipinski definition) is 0. The maximum atomic E-state index is 14.3. The van der Waals surface area contributed by atoms with Crippen molar-refractivity contribution in [1.82, 2.24) is 10.0 Å². The Labute approximate surface area is 229 Å². The van der Waals surface area contributed by atoms with E-state index in [1.54, 1.807) is 12.1 Å². The van der Waals surface area contributed by atoms with Crippen LogP contribution in [0.5, 0.6) is 0 Å². The number of carbonyl (C=O) groups is 3. The summed E-state index contributed by atoms with van der Waals surface area (Å²) in [6.07, 6.45) is 0. The lowest BCUT2D eigenvalue weighted by Crippen LogP contribution is -2.50. The van der Waals surface area contributed by atoms with E-state index in [1.807, 2.05) is 66.7 Å². The van der Waals surface area contributed by atoms with E-state index >= 15 is 0 Å². The van der Waals surface area contributed by atoms with Gasteiger partial charge in [-0.3, -0.25) is 24.5 Å². The van der Waals surface area contributed by atoms with Crippen LogP contribution in [0.4, 0.5) is 5.69 Å². The Bertz CT molecular complexity index is 1600. The molecule has 4 aromatic carbocycles. The van der Waals surface area contributed by atoms with E-state index in [2.05, 4.69) is 0 Å². The molecule has 0 unspecified atom stereocenters. The minimum absolute atomic E-state index is 0.0233. The highest BCUT2D eigenvalue weighted by atomic mass is 16.6. The van der Waals surface area contributed by atoms with Crippen LogP contribution in [-0.2, 0) is 16.1 Å². The van der Waals surface area contributed by atoms with Crippen molar-refractivity contribution < 1.29 is 19.3 Å². The summed E-state index contributed by atoms with van der Waals surface area (Å²) in [5.74, 6) is -3.44. The van der Waals surface area contributed by atoms with Gasteiger partial charge in [0.15, 0.2) is 0 Å². The molecule has 40 heavy (non-hydrogen) atoms. The fourth-order valence-corrected chi connectivity index (χ4v) is 6.79. The number of hydrazine groups is 1. The van der Waals surface area contributed by atoms with Gasteiger partial charge in [-0.2, -0.15) is 5.01 Å². The molecule has 0 N–H and O–H groups in total. The van der Waals surface area contributed by atoms with Gasteiger partial charge in [0.2, 0.25) is 0 Å². The lowest BCUT2D eigenvalue weighted by atomic mass is 9.55. The minimum Gasteiger partial charge on any atom is -0.272 e. The van der Waals surface area contributed by atoms with Crippen molar-refractivity contribution >= 4 is 23.4 Å². The molecule has 0 saturated carbocycles. The molecule has 2 atom stereocenters. The molecule has 1 fully saturated rings. The normalized spacial score (nSPS) is 21.9. The smallest absolute Gasteiger partial charge is 0.272 e. The summed E-state index contributed by atoms with van der Waals surface area (Å²) in [4.78, 5) is 53.4. The number of nitrogens with zero attached hydrogens (tertiary/aromatic N) is 3. The molecule has 0 radical (unpaired) electrons. The standard InChI is InChI=1S/C32H23N3O5/c36-30(20-11-8-12-21(17-20)35(39)40)33(18-19-9-2-1-3-10-19)34-31(37)28-26-22-13-4-5-14-23(22)27(29(28)32(34)38)25-16-7-6-15-24(25)26/h1-17,26-29H,18H2/t26?,27?,28-,29+. The summed E-state index contributed by atoms with van der Waals surface area (Å²) in [5.41, 5.74) is 4.64. The molecule has 3 amide bonds. The molecule has 2 bridgehead atoms. The summed E-state index contributed by atoms with van der Waals surface area (Å²) in [6.45, 7) is -0.0471. The first kappa shape index (κ1) is 24.0. The van der Waals surface area contributed by atoms with Crippen molar-refractivity contribution in [2.24, 2.45) is 11.8 Å². The summed E-state index contributed by atoms with van der Waals surface area (Å²) in [6, 6.07) is 30.3. The number of imide groups is 1. The zero-order chi connectivity index (χ0) is 27.5. The SMILES string of the molecule is O=C(c1cccc([N+](=O)[O-])c1)N(Cc1ccccc1)N1C(=O)[C@@H]2C3c4ccccc4C(c4ccccc43)[C@@H]2C1=O. The Hall–Kier alpha value is -5.11. The molecule has 196 valence electrons. The summed E-state index contributed by atoms with van der Waals surface area (Å²) < 4.78 is 0. The highest BCUT2D eigenvalue weighted by molar-refractivity contribution is 6.09. The molecular weight excluding hydrogens is 506 g/mol. The number of amides is 3. The van der Waals surface area contributed by atoms with Crippen molar-refractivity contribution in [3.63, 3.8) is 0 Å². The molecule has 8 nitrogen and oxygen atoms in total. The van der Waals surface area contributed by atoms with E-state index in [4.69, 9.17) is 0 Å². The quantitative estimate of drug-likeness (QED) is 0.205. The van der Waals surface area contributed by atoms with Gasteiger partial charge in [0.25, 0.3) is 23.4 Å². The van der Waals surface area contributed by atoms with Crippen LogP contribution in [0.2, 0.25) is 0 Å². The van der Waals surface area contributed by atoms with E-state index in [9.17, 15) is 24.5 Å². The molecule has 1 aliphatic heterocycles. The summed E-state index contributed by atoms with van der Waals surface area (Å²) in [7, 11) is 0. The van der Waals surface area contributed by atoms with Crippen LogP contribution in [0.25, 0.3) is 0 Å². The Balaban J connectivity index is 1.35. The van der Waals surface area contributed by atoms with Crippen molar-refractivity contribution in [3.8, 4) is 0 Å². The van der Waals surface area contributed by atoms with Crippen LogP contribution in [0.3, 0.4) is 0 Å². The van der Waals surface area contributed by atoms with Gasteiger partial charge in [0.05, 0.1) is 23.3 Å². The molecule has 4 aromatic rings. The van der Waals surface area contributed by atoms with Crippen molar-refractivity contribution in [3.05, 3.63) is 147 Å². The van der Waals surface area contributed by atoms with E-state index in [-0.39, 0.29) is 29.6 Å². The molecule has 1 saturated heterocycles. The lowest BCUT2D eigenvalue weighted by molar-refractivity contribution is -0.384. The summed E-state index contributed by atoms with van der Waals surface area (Å²) >= 11 is 0. The van der Waals surface area contributed by atoms with Crippen LogP contribution in [-0.4, -0.2) is 32.7 Å². The Morgan fingerprint density at radius 1 is 0.725 bits per heavy atom. The van der Waals surface area contributed by atoms with E-state index in [0.717, 1.165) is 32.3 Å². The second-order valence-electron chi connectivity index (χ2n) is 10.4. The van der Waals surface area contributed by atoms with E-state index in [1.165, 1.54) is 24.3 Å². The third-order valence-electron chi connectivity index (χ3n) is 8.38. The van der Waals surface area contributed by atoms with E-state index in [0.29, 0.717) is 5.56 Å². The lowest BCUT2D eigenvalue weighted by Gasteiger charge is -2.45. The predicted molar refractivity (Wildman–Crippen MR) is 145 cm³/mol. The zero-order valence-corrected chi connectivity index (χ0v) is 21.2. The second kappa shape index (κ2) is 8.98. The van der Waals surface area contributed by atoms with Crippen LogP contribution in [0, 0.1) is 22.0 Å². The zero-order valence-electron chi connectivity index (χ0n) is 21.2. The molecule has 4 aliphatic rings. The van der Waals surface area contributed by atoms with Gasteiger partial charge in [0.1, 0.15) is 0 Å². The van der Waals surface area contributed by atoms with Gasteiger partial charge in [-0.15, -0.1) is 0 Å². The Morgan fingerprint density at radius 2 is 1.23 bits per heavy atom. The molecule has 0 aromatic heterocycles. The van der Waals surface area contributed by atoms with Crippen molar-refractivity contribution in [1.29, 1.82) is 0 Å². The van der Waals surface area contributed by atoms with Gasteiger partial charge >= 0.3 is 0 Å². The fraction of sp³-hybridized carbons (Fsp3) is 0.156. The molecule has 0 spiro atoms. The third-order valence-corrected chi connectivity index (χ3v) is 8.38. The first-order valence-corrected chi connectivity index (χ1v) is 13.1. The molecular formula is C32H23N3O5. The fourth-order valence-electron chi connectivity index (χ4n) is 6.79. The molecule has 8 rings (SSSR count). The monoisotopic (exact) mass is 529 g/mol. The van der Waals surface area contributed by atoms with Crippen LogP contribution >= 0.6 is 0 Å². The van der Waals surface area contributed by atoms with Crippen molar-refractivity contribution in [2.45, 2.75) is 18.4 Å². The van der Waals surface area contributed by atoms with Gasteiger partial charge < -0.3 is 0 Å². The first-order chi connectivity index (χ1) is 19.5. The summed E-state index contributed by atoms with van der Waals surface area (Å²) in [5, 5.41) is 13.6. The number of benzene rings is 4. The Morgan fingerprint density at radius 3 is 1.73 bits per heavy atom. The van der Waals surface area contributed by atoms with Gasteiger partial charge in [0, 0.05) is 29.5 Å². The topological polar surface area (TPSA) is 101 Å². The number of rotatable bonds is 5. The minimum atomic E-state index is -0.657. The van der Waals surface area contributed by atoms with Crippen LogP contribution in [0.1, 0.15) is 50.0 Å². The van der Waals surface area contributed by atoms with Crippen LogP contribution < -0.4 is 0 Å². The highest BCUT2D eigenvalue weighted by Crippen LogP contribution is 2.61. The molecule has 3 aliphatic carbocycles. The second-order valence-corrected chi connectivity index (χ2v) is 10.4. The molecule has 8 heteroatoms. The highest BCUT2D eigenvalue weighted by Gasteiger charge is 2.63. The largest absolute Gasteiger partial charge is 0.273 e. The number of carbonyl (C=O) groups excluding carboxylic acids is 3. The van der Waals surface area contributed by atoms with Crippen molar-refractivity contribution in [2.75, 3.05) is 0 Å². The third kappa shape index (κ3) is 3.42. The number of non-ortho nitro benzene ring substituents is 1. The van der Waals surface area contributed by atoms with Gasteiger partial charge in [-0.1, -0.05) is 84.9 Å². The molecule has 1 heterocycles. The maximum Gasteiger partial charge on any atom is 0.273 e. The predicted octanol–water partition coefficient (Wildman–Crippen LogP) is 5.04. The first-order valence-electron chi connectivity index (χ1n) is 13.1.